The minimum atomic E-state index is -0.307. The zero-order valence-corrected chi connectivity index (χ0v) is 9.69. The molecule has 86 valence electrons. The van der Waals surface area contributed by atoms with E-state index in [0.717, 1.165) is 12.1 Å². The molecule has 3 heteroatoms. The SMILES string of the molecule is C=CC(C)NCc1ccc(C(=O)OC)cc1. The van der Waals surface area contributed by atoms with Crippen molar-refractivity contribution in [3.63, 3.8) is 0 Å². The number of hydrogen-bond donors (Lipinski definition) is 1. The van der Waals surface area contributed by atoms with Gasteiger partial charge in [0.25, 0.3) is 0 Å². The fourth-order valence-electron chi connectivity index (χ4n) is 1.24. The predicted molar refractivity (Wildman–Crippen MR) is 64.3 cm³/mol. The van der Waals surface area contributed by atoms with Crippen LogP contribution in [0.15, 0.2) is 36.9 Å². The van der Waals surface area contributed by atoms with Crippen LogP contribution in [0.4, 0.5) is 0 Å². The predicted octanol–water partition coefficient (Wildman–Crippen LogP) is 2.14. The first kappa shape index (κ1) is 12.5. The van der Waals surface area contributed by atoms with Crippen LogP contribution in [0.3, 0.4) is 0 Å². The molecule has 0 fully saturated rings. The number of esters is 1. The first-order valence-corrected chi connectivity index (χ1v) is 5.20. The molecule has 16 heavy (non-hydrogen) atoms. The van der Waals surface area contributed by atoms with Crippen LogP contribution in [0.5, 0.6) is 0 Å². The van der Waals surface area contributed by atoms with Gasteiger partial charge in [0.2, 0.25) is 0 Å². The fourth-order valence-corrected chi connectivity index (χ4v) is 1.24. The van der Waals surface area contributed by atoms with Gasteiger partial charge >= 0.3 is 5.97 Å². The molecule has 0 spiro atoms. The second-order valence-electron chi connectivity index (χ2n) is 3.59. The molecule has 0 aromatic heterocycles. The van der Waals surface area contributed by atoms with Gasteiger partial charge in [-0.1, -0.05) is 18.2 Å². The Morgan fingerprint density at radius 3 is 2.62 bits per heavy atom. The zero-order chi connectivity index (χ0) is 12.0. The third kappa shape index (κ3) is 3.51. The number of carbonyl (C=O) groups excluding carboxylic acids is 1. The number of hydrogen-bond acceptors (Lipinski definition) is 3. The molecule has 3 nitrogen and oxygen atoms in total. The van der Waals surface area contributed by atoms with Gasteiger partial charge in [0.1, 0.15) is 0 Å². The highest BCUT2D eigenvalue weighted by Crippen LogP contribution is 2.05. The Balaban J connectivity index is 2.58. The molecular formula is C13H17NO2. The number of benzene rings is 1. The van der Waals surface area contributed by atoms with E-state index in [2.05, 4.69) is 16.6 Å². The molecule has 1 unspecified atom stereocenters. The molecule has 0 bridgehead atoms. The number of rotatable bonds is 5. The van der Waals surface area contributed by atoms with E-state index in [1.54, 1.807) is 12.1 Å². The quantitative estimate of drug-likeness (QED) is 0.609. The van der Waals surface area contributed by atoms with E-state index in [-0.39, 0.29) is 12.0 Å². The number of ether oxygens (including phenoxy) is 1. The lowest BCUT2D eigenvalue weighted by atomic mass is 10.1. The Morgan fingerprint density at radius 2 is 2.12 bits per heavy atom. The van der Waals surface area contributed by atoms with Gasteiger partial charge in [-0.3, -0.25) is 0 Å². The van der Waals surface area contributed by atoms with Crippen molar-refractivity contribution in [1.29, 1.82) is 0 Å². The molecule has 0 radical (unpaired) electrons. The highest BCUT2D eigenvalue weighted by atomic mass is 16.5. The smallest absolute Gasteiger partial charge is 0.337 e. The summed E-state index contributed by atoms with van der Waals surface area (Å²) in [7, 11) is 1.38. The number of carbonyl (C=O) groups is 1. The standard InChI is InChI=1S/C13H17NO2/c1-4-10(2)14-9-11-5-7-12(8-6-11)13(15)16-3/h4-8,10,14H,1,9H2,2-3H3. The van der Waals surface area contributed by atoms with Crippen molar-refractivity contribution in [1.82, 2.24) is 5.32 Å². The Morgan fingerprint density at radius 1 is 1.50 bits per heavy atom. The van der Waals surface area contributed by atoms with Crippen LogP contribution < -0.4 is 5.32 Å². The molecule has 1 N–H and O–H groups in total. The van der Waals surface area contributed by atoms with Crippen molar-refractivity contribution in [2.45, 2.75) is 19.5 Å². The molecule has 0 aliphatic carbocycles. The van der Waals surface area contributed by atoms with Gasteiger partial charge in [0.05, 0.1) is 12.7 Å². The highest BCUT2D eigenvalue weighted by Gasteiger charge is 2.04. The third-order valence-electron chi connectivity index (χ3n) is 2.36. The average Bonchev–Trinajstić information content (AvgIpc) is 2.35. The van der Waals surface area contributed by atoms with Crippen LogP contribution in [0.1, 0.15) is 22.8 Å². The maximum atomic E-state index is 11.2. The molecule has 1 atom stereocenters. The molecule has 0 amide bonds. The summed E-state index contributed by atoms with van der Waals surface area (Å²) in [5, 5.41) is 3.28. The van der Waals surface area contributed by atoms with Crippen LogP contribution in [0, 0.1) is 0 Å². The normalized spacial score (nSPS) is 11.9. The van der Waals surface area contributed by atoms with Crippen LogP contribution >= 0.6 is 0 Å². The minimum Gasteiger partial charge on any atom is -0.465 e. The zero-order valence-electron chi connectivity index (χ0n) is 9.69. The Kier molecular flexibility index (Phi) is 4.73. The molecule has 1 rings (SSSR count). The monoisotopic (exact) mass is 219 g/mol. The lowest BCUT2D eigenvalue weighted by Crippen LogP contribution is -2.22. The summed E-state index contributed by atoms with van der Waals surface area (Å²) in [4.78, 5) is 11.2. The van der Waals surface area contributed by atoms with E-state index < -0.39 is 0 Å². The molecule has 0 saturated heterocycles. The van der Waals surface area contributed by atoms with Crippen LogP contribution in [0.25, 0.3) is 0 Å². The van der Waals surface area contributed by atoms with Gasteiger partial charge in [-0.2, -0.15) is 0 Å². The molecule has 1 aromatic carbocycles. The molecule has 1 aromatic rings. The van der Waals surface area contributed by atoms with Crippen molar-refractivity contribution in [2.75, 3.05) is 7.11 Å². The largest absolute Gasteiger partial charge is 0.465 e. The summed E-state index contributed by atoms with van der Waals surface area (Å²) in [5.74, 6) is -0.307. The first-order chi connectivity index (χ1) is 7.67. The van der Waals surface area contributed by atoms with Gasteiger partial charge in [0.15, 0.2) is 0 Å². The van der Waals surface area contributed by atoms with Crippen molar-refractivity contribution in [3.05, 3.63) is 48.0 Å². The average molecular weight is 219 g/mol. The van der Waals surface area contributed by atoms with E-state index in [4.69, 9.17) is 0 Å². The summed E-state index contributed by atoms with van der Waals surface area (Å²) < 4.78 is 4.62. The van der Waals surface area contributed by atoms with Crippen molar-refractivity contribution in [3.8, 4) is 0 Å². The van der Waals surface area contributed by atoms with E-state index in [1.165, 1.54) is 7.11 Å². The lowest BCUT2D eigenvalue weighted by molar-refractivity contribution is 0.0600. The highest BCUT2D eigenvalue weighted by molar-refractivity contribution is 5.89. The van der Waals surface area contributed by atoms with Crippen molar-refractivity contribution in [2.24, 2.45) is 0 Å². The van der Waals surface area contributed by atoms with Crippen molar-refractivity contribution >= 4 is 5.97 Å². The minimum absolute atomic E-state index is 0.278. The third-order valence-corrected chi connectivity index (χ3v) is 2.36. The van der Waals surface area contributed by atoms with Crippen LogP contribution in [-0.4, -0.2) is 19.1 Å². The summed E-state index contributed by atoms with van der Waals surface area (Å²) in [6.07, 6.45) is 1.85. The summed E-state index contributed by atoms with van der Waals surface area (Å²) in [5.41, 5.74) is 1.70. The Bertz CT molecular complexity index is 357. The maximum Gasteiger partial charge on any atom is 0.337 e. The fraction of sp³-hybridized carbons (Fsp3) is 0.308. The van der Waals surface area contributed by atoms with E-state index in [9.17, 15) is 4.79 Å². The first-order valence-electron chi connectivity index (χ1n) is 5.20. The van der Waals surface area contributed by atoms with Crippen LogP contribution in [0.2, 0.25) is 0 Å². The van der Waals surface area contributed by atoms with Crippen LogP contribution in [-0.2, 0) is 11.3 Å². The van der Waals surface area contributed by atoms with E-state index >= 15 is 0 Å². The van der Waals surface area contributed by atoms with Gasteiger partial charge < -0.3 is 10.1 Å². The number of nitrogens with one attached hydrogen (secondary N) is 1. The van der Waals surface area contributed by atoms with E-state index in [1.807, 2.05) is 25.1 Å². The molecule has 0 heterocycles. The molecule has 0 aliphatic rings. The summed E-state index contributed by atoms with van der Waals surface area (Å²) in [6, 6.07) is 7.63. The van der Waals surface area contributed by atoms with Gasteiger partial charge in [0, 0.05) is 12.6 Å². The molecular weight excluding hydrogens is 202 g/mol. The molecule has 0 saturated carbocycles. The second-order valence-corrected chi connectivity index (χ2v) is 3.59. The van der Waals surface area contributed by atoms with Gasteiger partial charge in [-0.05, 0) is 24.6 Å². The Hall–Kier alpha value is -1.61. The lowest BCUT2D eigenvalue weighted by Gasteiger charge is -2.09. The topological polar surface area (TPSA) is 38.3 Å². The summed E-state index contributed by atoms with van der Waals surface area (Å²) >= 11 is 0. The molecule has 0 aliphatic heterocycles. The second kappa shape index (κ2) is 6.08. The van der Waals surface area contributed by atoms with Crippen molar-refractivity contribution < 1.29 is 9.53 Å². The Labute approximate surface area is 96.1 Å². The number of methoxy groups -OCH3 is 1. The summed E-state index contributed by atoms with van der Waals surface area (Å²) in [6.45, 7) is 6.49. The van der Waals surface area contributed by atoms with Gasteiger partial charge in [-0.15, -0.1) is 6.58 Å². The van der Waals surface area contributed by atoms with Gasteiger partial charge in [-0.25, -0.2) is 4.79 Å². The maximum absolute atomic E-state index is 11.2. The van der Waals surface area contributed by atoms with E-state index in [0.29, 0.717) is 5.56 Å².